The van der Waals surface area contributed by atoms with Crippen molar-refractivity contribution in [1.82, 2.24) is 10.2 Å². The van der Waals surface area contributed by atoms with Crippen LogP contribution >= 0.6 is 23.1 Å². The van der Waals surface area contributed by atoms with Crippen LogP contribution < -0.4 is 10.6 Å². The summed E-state index contributed by atoms with van der Waals surface area (Å²) in [6, 6.07) is 21.0. The third kappa shape index (κ3) is 4.67. The summed E-state index contributed by atoms with van der Waals surface area (Å²) in [7, 11) is 0. The van der Waals surface area contributed by atoms with E-state index in [1.54, 1.807) is 6.07 Å². The Labute approximate surface area is 181 Å². The summed E-state index contributed by atoms with van der Waals surface area (Å²) in [6.45, 7) is 1.88. The molecule has 8 heteroatoms. The van der Waals surface area contributed by atoms with Gasteiger partial charge in [0.25, 0.3) is 5.91 Å². The van der Waals surface area contributed by atoms with Gasteiger partial charge in [-0.25, -0.2) is 0 Å². The number of carbonyl (C=O) groups excluding carboxylic acids is 2. The molecule has 0 radical (unpaired) electrons. The zero-order valence-corrected chi connectivity index (χ0v) is 17.7. The maximum absolute atomic E-state index is 12.4. The first-order valence-corrected chi connectivity index (χ1v) is 11.0. The zero-order chi connectivity index (χ0) is 20.9. The smallest absolute Gasteiger partial charge is 0.257 e. The largest absolute Gasteiger partial charge is 0.325 e. The number of anilines is 2. The Morgan fingerprint density at radius 3 is 2.57 bits per heavy atom. The number of thioether (sulfide) groups is 1. The number of hydrogen-bond donors (Lipinski definition) is 2. The van der Waals surface area contributed by atoms with E-state index < -0.39 is 0 Å². The quantitative estimate of drug-likeness (QED) is 0.330. The van der Waals surface area contributed by atoms with Gasteiger partial charge >= 0.3 is 0 Å². The van der Waals surface area contributed by atoms with E-state index in [1.807, 2.05) is 67.6 Å². The highest BCUT2D eigenvalue weighted by atomic mass is 32.2. The van der Waals surface area contributed by atoms with Crippen molar-refractivity contribution < 1.29 is 9.59 Å². The van der Waals surface area contributed by atoms with Gasteiger partial charge < -0.3 is 5.32 Å². The number of aromatic nitrogens is 2. The fourth-order valence-electron chi connectivity index (χ4n) is 2.96. The van der Waals surface area contributed by atoms with Crippen LogP contribution in [0.15, 0.2) is 71.1 Å². The molecule has 0 aliphatic rings. The Morgan fingerprint density at radius 1 is 0.933 bits per heavy atom. The molecule has 0 saturated carbocycles. The summed E-state index contributed by atoms with van der Waals surface area (Å²) in [5.41, 5.74) is 2.26. The summed E-state index contributed by atoms with van der Waals surface area (Å²) in [4.78, 5) is 24.8. The maximum atomic E-state index is 12.4. The number of benzene rings is 3. The number of nitrogens with zero attached hydrogens (tertiary/aromatic N) is 2. The minimum atomic E-state index is -0.227. The van der Waals surface area contributed by atoms with Gasteiger partial charge in [0, 0.05) is 16.6 Å². The van der Waals surface area contributed by atoms with Crippen LogP contribution in [-0.2, 0) is 4.79 Å². The number of hydrogen-bond acceptors (Lipinski definition) is 6. The molecule has 0 aliphatic heterocycles. The second kappa shape index (κ2) is 9.06. The summed E-state index contributed by atoms with van der Waals surface area (Å²) in [5, 5.41) is 16.2. The molecule has 0 aliphatic carbocycles. The monoisotopic (exact) mass is 434 g/mol. The third-order valence-corrected chi connectivity index (χ3v) is 6.38. The zero-order valence-electron chi connectivity index (χ0n) is 16.1. The van der Waals surface area contributed by atoms with Gasteiger partial charge in [0.15, 0.2) is 4.34 Å². The van der Waals surface area contributed by atoms with Crippen LogP contribution in [0.25, 0.3) is 10.8 Å². The third-order valence-electron chi connectivity index (χ3n) is 4.41. The first-order chi connectivity index (χ1) is 14.6. The molecule has 30 heavy (non-hydrogen) atoms. The van der Waals surface area contributed by atoms with Crippen molar-refractivity contribution in [3.8, 4) is 0 Å². The number of nitrogens with one attached hydrogen (secondary N) is 2. The summed E-state index contributed by atoms with van der Waals surface area (Å²) < 4.78 is 0.614. The molecule has 0 fully saturated rings. The fraction of sp³-hybridized carbons (Fsp3) is 0.0909. The van der Waals surface area contributed by atoms with Crippen molar-refractivity contribution >= 4 is 56.5 Å². The van der Waals surface area contributed by atoms with E-state index in [9.17, 15) is 9.59 Å². The fourth-order valence-corrected chi connectivity index (χ4v) is 4.51. The molecule has 0 atom stereocenters. The summed E-state index contributed by atoms with van der Waals surface area (Å²) >= 11 is 2.52. The van der Waals surface area contributed by atoms with E-state index in [2.05, 4.69) is 20.8 Å². The molecule has 0 spiro atoms. The van der Waals surface area contributed by atoms with Gasteiger partial charge in [0.2, 0.25) is 11.0 Å². The summed E-state index contributed by atoms with van der Waals surface area (Å²) in [6.07, 6.45) is 0. The van der Waals surface area contributed by atoms with E-state index in [-0.39, 0.29) is 17.6 Å². The second-order valence-corrected chi connectivity index (χ2v) is 8.71. The molecule has 1 heterocycles. The molecule has 2 N–H and O–H groups in total. The molecule has 6 nitrogen and oxygen atoms in total. The number of rotatable bonds is 6. The minimum absolute atomic E-state index is 0.128. The Kier molecular flexibility index (Phi) is 6.06. The van der Waals surface area contributed by atoms with Crippen LogP contribution in [0.5, 0.6) is 0 Å². The molecule has 150 valence electrons. The van der Waals surface area contributed by atoms with Gasteiger partial charge in [0.05, 0.1) is 5.75 Å². The molecular formula is C22H18N4O2S2. The van der Waals surface area contributed by atoms with Crippen LogP contribution in [0, 0.1) is 6.92 Å². The first-order valence-electron chi connectivity index (χ1n) is 9.21. The minimum Gasteiger partial charge on any atom is -0.325 e. The van der Waals surface area contributed by atoms with Gasteiger partial charge in [-0.05, 0) is 30.0 Å². The second-order valence-electron chi connectivity index (χ2n) is 6.51. The van der Waals surface area contributed by atoms with Gasteiger partial charge in [-0.1, -0.05) is 77.7 Å². The highest BCUT2D eigenvalue weighted by Gasteiger charge is 2.13. The van der Waals surface area contributed by atoms with E-state index in [4.69, 9.17) is 0 Å². The average Bonchev–Trinajstić information content (AvgIpc) is 3.20. The molecule has 1 aromatic heterocycles. The number of carbonyl (C=O) groups is 2. The molecule has 0 bridgehead atoms. The average molecular weight is 435 g/mol. The number of amides is 2. The molecule has 4 aromatic rings. The molecule has 2 amide bonds. The van der Waals surface area contributed by atoms with Crippen LogP contribution in [0.2, 0.25) is 0 Å². The lowest BCUT2D eigenvalue weighted by molar-refractivity contribution is -0.113. The van der Waals surface area contributed by atoms with Gasteiger partial charge in [-0.2, -0.15) is 0 Å². The van der Waals surface area contributed by atoms with Crippen molar-refractivity contribution in [3.05, 3.63) is 77.9 Å². The van der Waals surface area contributed by atoms with Crippen LogP contribution in [0.1, 0.15) is 15.9 Å². The Balaban J connectivity index is 1.34. The van der Waals surface area contributed by atoms with Crippen molar-refractivity contribution in [2.24, 2.45) is 0 Å². The van der Waals surface area contributed by atoms with Crippen molar-refractivity contribution in [2.75, 3.05) is 16.4 Å². The lowest BCUT2D eigenvalue weighted by atomic mass is 10.1. The predicted octanol–water partition coefficient (Wildman–Crippen LogP) is 4.98. The Hall–Kier alpha value is -3.23. The molecule has 3 aromatic carbocycles. The normalized spacial score (nSPS) is 10.7. The lowest BCUT2D eigenvalue weighted by Crippen LogP contribution is -2.14. The van der Waals surface area contributed by atoms with E-state index in [0.29, 0.717) is 15.0 Å². The molecule has 4 rings (SSSR count). The first kappa shape index (κ1) is 20.1. The van der Waals surface area contributed by atoms with Crippen molar-refractivity contribution in [3.63, 3.8) is 0 Å². The summed E-state index contributed by atoms with van der Waals surface area (Å²) in [5.74, 6) is -0.157. The van der Waals surface area contributed by atoms with Crippen molar-refractivity contribution in [1.29, 1.82) is 0 Å². The van der Waals surface area contributed by atoms with Gasteiger partial charge in [0.1, 0.15) is 0 Å². The van der Waals surface area contributed by atoms with Crippen LogP contribution in [0.4, 0.5) is 10.8 Å². The predicted molar refractivity (Wildman–Crippen MR) is 122 cm³/mol. The van der Waals surface area contributed by atoms with Gasteiger partial charge in [-0.15, -0.1) is 10.2 Å². The van der Waals surface area contributed by atoms with E-state index >= 15 is 0 Å². The topological polar surface area (TPSA) is 84.0 Å². The van der Waals surface area contributed by atoms with E-state index in [1.165, 1.54) is 23.1 Å². The lowest BCUT2D eigenvalue weighted by Gasteiger charge is -2.08. The molecule has 0 saturated heterocycles. The highest BCUT2D eigenvalue weighted by Crippen LogP contribution is 2.27. The molecule has 0 unspecified atom stereocenters. The van der Waals surface area contributed by atoms with Crippen molar-refractivity contribution in [2.45, 2.75) is 11.3 Å². The Bertz CT molecular complexity index is 1220. The van der Waals surface area contributed by atoms with Crippen LogP contribution in [-0.4, -0.2) is 27.8 Å². The number of aryl methyl sites for hydroxylation is 1. The van der Waals surface area contributed by atoms with E-state index in [0.717, 1.165) is 22.0 Å². The number of fused-ring (bicyclic) bond motifs is 1. The standard InChI is InChI=1S/C22H18N4O2S2/c1-14-7-2-4-10-16(14)20(28)24-21-25-26-22(30-21)29-13-19(27)23-18-12-6-9-15-8-3-5-11-17(15)18/h2-12H,13H2,1H3,(H,23,27)(H,24,25,28). The van der Waals surface area contributed by atoms with Crippen LogP contribution in [0.3, 0.4) is 0 Å². The van der Waals surface area contributed by atoms with Gasteiger partial charge in [-0.3, -0.25) is 14.9 Å². The maximum Gasteiger partial charge on any atom is 0.257 e. The molecular weight excluding hydrogens is 416 g/mol. The Morgan fingerprint density at radius 2 is 1.70 bits per heavy atom. The highest BCUT2D eigenvalue weighted by molar-refractivity contribution is 8.01. The SMILES string of the molecule is Cc1ccccc1C(=O)Nc1nnc(SCC(=O)Nc2cccc3ccccc23)s1.